The van der Waals surface area contributed by atoms with Crippen molar-refractivity contribution in [1.29, 1.82) is 0 Å². The van der Waals surface area contributed by atoms with Crippen LogP contribution in [-0.2, 0) is 11.2 Å². The third kappa shape index (κ3) is 1.74. The van der Waals surface area contributed by atoms with E-state index in [1.54, 1.807) is 0 Å². The number of aryl methyl sites for hydroxylation is 1. The SMILES string of the molecule is NC(=O)C1CCCc2c1[nH]c1ccc(I)cc21. The number of nitrogens with two attached hydrogens (primary N) is 1. The fourth-order valence-electron chi connectivity index (χ4n) is 2.72. The predicted molar refractivity (Wildman–Crippen MR) is 75.9 cm³/mol. The average Bonchev–Trinajstić information content (AvgIpc) is 2.66. The third-order valence-electron chi connectivity index (χ3n) is 3.51. The summed E-state index contributed by atoms with van der Waals surface area (Å²) in [6.07, 6.45) is 2.95. The van der Waals surface area contributed by atoms with E-state index in [2.05, 4.69) is 45.8 Å². The van der Waals surface area contributed by atoms with Gasteiger partial charge in [0.1, 0.15) is 0 Å². The van der Waals surface area contributed by atoms with Gasteiger partial charge < -0.3 is 10.7 Å². The lowest BCUT2D eigenvalue weighted by molar-refractivity contribution is -0.119. The van der Waals surface area contributed by atoms with E-state index in [0.717, 1.165) is 30.5 Å². The number of hydrogen-bond acceptors (Lipinski definition) is 1. The maximum absolute atomic E-state index is 11.5. The molecule has 17 heavy (non-hydrogen) atoms. The Hall–Kier alpha value is -1.04. The first kappa shape index (κ1) is 11.1. The minimum absolute atomic E-state index is 0.135. The van der Waals surface area contributed by atoms with Crippen molar-refractivity contribution in [2.75, 3.05) is 0 Å². The van der Waals surface area contributed by atoms with Crippen molar-refractivity contribution in [2.24, 2.45) is 5.73 Å². The van der Waals surface area contributed by atoms with E-state index >= 15 is 0 Å². The van der Waals surface area contributed by atoms with Crippen LogP contribution in [0.15, 0.2) is 18.2 Å². The van der Waals surface area contributed by atoms with Crippen LogP contribution in [-0.4, -0.2) is 10.9 Å². The van der Waals surface area contributed by atoms with Gasteiger partial charge in [-0.3, -0.25) is 4.79 Å². The Bertz CT molecular complexity index is 603. The number of hydrogen-bond donors (Lipinski definition) is 2. The number of aromatic nitrogens is 1. The van der Waals surface area contributed by atoms with Crippen molar-refractivity contribution in [2.45, 2.75) is 25.2 Å². The van der Waals surface area contributed by atoms with Crippen molar-refractivity contribution >= 4 is 39.4 Å². The zero-order valence-electron chi connectivity index (χ0n) is 9.29. The summed E-state index contributed by atoms with van der Waals surface area (Å²) < 4.78 is 1.22. The number of rotatable bonds is 1. The highest BCUT2D eigenvalue weighted by Crippen LogP contribution is 2.36. The van der Waals surface area contributed by atoms with Crippen LogP contribution in [0.1, 0.15) is 30.0 Å². The van der Waals surface area contributed by atoms with E-state index in [-0.39, 0.29) is 11.8 Å². The number of amides is 1. The highest BCUT2D eigenvalue weighted by Gasteiger charge is 2.27. The maximum atomic E-state index is 11.5. The summed E-state index contributed by atoms with van der Waals surface area (Å²) in [7, 11) is 0. The van der Waals surface area contributed by atoms with Gasteiger partial charge in [0.25, 0.3) is 0 Å². The number of fused-ring (bicyclic) bond motifs is 3. The van der Waals surface area contributed by atoms with E-state index in [9.17, 15) is 4.79 Å². The van der Waals surface area contributed by atoms with E-state index < -0.39 is 0 Å². The molecule has 1 aromatic heterocycles. The number of halogens is 1. The first-order valence-electron chi connectivity index (χ1n) is 5.76. The lowest BCUT2D eigenvalue weighted by atomic mass is 9.86. The molecule has 1 aliphatic rings. The highest BCUT2D eigenvalue weighted by atomic mass is 127. The van der Waals surface area contributed by atoms with Gasteiger partial charge in [-0.25, -0.2) is 0 Å². The summed E-state index contributed by atoms with van der Waals surface area (Å²) in [6.45, 7) is 0. The number of primary amides is 1. The number of carbonyl (C=O) groups is 1. The Kier molecular flexibility index (Phi) is 2.61. The van der Waals surface area contributed by atoms with Gasteiger partial charge in [-0.05, 0) is 65.6 Å². The van der Waals surface area contributed by atoms with E-state index in [1.807, 2.05) is 0 Å². The van der Waals surface area contributed by atoms with Crippen LogP contribution in [0.3, 0.4) is 0 Å². The molecule has 3 nitrogen and oxygen atoms in total. The van der Waals surface area contributed by atoms with Gasteiger partial charge in [-0.15, -0.1) is 0 Å². The largest absolute Gasteiger partial charge is 0.369 e. The minimum atomic E-state index is -0.216. The molecule has 3 rings (SSSR count). The third-order valence-corrected chi connectivity index (χ3v) is 4.18. The number of benzene rings is 1. The maximum Gasteiger partial charge on any atom is 0.226 e. The molecule has 1 aliphatic carbocycles. The quantitative estimate of drug-likeness (QED) is 0.771. The van der Waals surface area contributed by atoms with Crippen molar-refractivity contribution in [3.63, 3.8) is 0 Å². The normalized spacial score (nSPS) is 19.2. The molecule has 1 amide bonds. The van der Waals surface area contributed by atoms with Crippen LogP contribution in [0, 0.1) is 3.57 Å². The molecule has 0 spiro atoms. The molecule has 1 heterocycles. The Morgan fingerprint density at radius 2 is 2.29 bits per heavy atom. The summed E-state index contributed by atoms with van der Waals surface area (Å²) in [5.74, 6) is -0.351. The van der Waals surface area contributed by atoms with Crippen LogP contribution in [0.4, 0.5) is 0 Å². The lowest BCUT2D eigenvalue weighted by Gasteiger charge is -2.19. The molecule has 88 valence electrons. The molecule has 0 saturated heterocycles. The zero-order chi connectivity index (χ0) is 12.0. The van der Waals surface area contributed by atoms with Crippen LogP contribution in [0.5, 0.6) is 0 Å². The van der Waals surface area contributed by atoms with Gasteiger partial charge in [0.15, 0.2) is 0 Å². The molecule has 4 heteroatoms. The van der Waals surface area contributed by atoms with Crippen LogP contribution < -0.4 is 5.73 Å². The van der Waals surface area contributed by atoms with E-state index in [4.69, 9.17) is 5.73 Å². The summed E-state index contributed by atoms with van der Waals surface area (Å²) in [6, 6.07) is 6.33. The second-order valence-corrected chi connectivity index (χ2v) is 5.80. The molecule has 1 aromatic carbocycles. The van der Waals surface area contributed by atoms with Crippen molar-refractivity contribution < 1.29 is 4.79 Å². The molecule has 1 unspecified atom stereocenters. The van der Waals surface area contributed by atoms with Gasteiger partial charge in [-0.2, -0.15) is 0 Å². The van der Waals surface area contributed by atoms with Crippen LogP contribution >= 0.6 is 22.6 Å². The minimum Gasteiger partial charge on any atom is -0.369 e. The highest BCUT2D eigenvalue weighted by molar-refractivity contribution is 14.1. The Morgan fingerprint density at radius 1 is 1.47 bits per heavy atom. The molecular weight excluding hydrogens is 327 g/mol. The van der Waals surface area contributed by atoms with Crippen molar-refractivity contribution in [1.82, 2.24) is 4.98 Å². The number of H-pyrrole nitrogens is 1. The summed E-state index contributed by atoms with van der Waals surface area (Å²) in [5.41, 5.74) is 8.92. The first-order valence-corrected chi connectivity index (χ1v) is 6.84. The van der Waals surface area contributed by atoms with E-state index in [1.165, 1.54) is 14.5 Å². The monoisotopic (exact) mass is 340 g/mol. The summed E-state index contributed by atoms with van der Waals surface area (Å²) in [4.78, 5) is 14.8. The first-order chi connectivity index (χ1) is 8.16. The molecule has 0 radical (unpaired) electrons. The summed E-state index contributed by atoms with van der Waals surface area (Å²) in [5, 5.41) is 1.25. The molecular formula is C13H13IN2O. The van der Waals surface area contributed by atoms with E-state index in [0.29, 0.717) is 0 Å². The number of nitrogens with one attached hydrogen (secondary N) is 1. The smallest absolute Gasteiger partial charge is 0.226 e. The standard InChI is InChI=1S/C13H13IN2O/c14-7-4-5-11-10(6-7)8-2-1-3-9(13(15)17)12(8)16-11/h4-6,9,16H,1-3H2,(H2,15,17). The molecule has 0 fully saturated rings. The Labute approximate surface area is 113 Å². The van der Waals surface area contributed by atoms with Gasteiger partial charge in [0.2, 0.25) is 5.91 Å². The number of aromatic amines is 1. The van der Waals surface area contributed by atoms with Gasteiger partial charge in [-0.1, -0.05) is 0 Å². The zero-order valence-corrected chi connectivity index (χ0v) is 11.5. The molecule has 3 N–H and O–H groups in total. The molecule has 0 aliphatic heterocycles. The fraction of sp³-hybridized carbons (Fsp3) is 0.308. The number of carbonyl (C=O) groups excluding carboxylic acids is 1. The van der Waals surface area contributed by atoms with Gasteiger partial charge in [0.05, 0.1) is 5.92 Å². The molecule has 2 aromatic rings. The van der Waals surface area contributed by atoms with Crippen LogP contribution in [0.25, 0.3) is 10.9 Å². The van der Waals surface area contributed by atoms with Gasteiger partial charge in [0, 0.05) is 20.2 Å². The molecule has 0 saturated carbocycles. The molecule has 1 atom stereocenters. The van der Waals surface area contributed by atoms with Crippen LogP contribution in [0.2, 0.25) is 0 Å². The Morgan fingerprint density at radius 3 is 3.06 bits per heavy atom. The topological polar surface area (TPSA) is 58.9 Å². The average molecular weight is 340 g/mol. The second-order valence-electron chi connectivity index (χ2n) is 4.55. The fourth-order valence-corrected chi connectivity index (χ4v) is 3.21. The predicted octanol–water partition coefficient (Wildman–Crippen LogP) is 2.68. The van der Waals surface area contributed by atoms with Crippen molar-refractivity contribution in [3.8, 4) is 0 Å². The molecule has 0 bridgehead atoms. The van der Waals surface area contributed by atoms with Crippen molar-refractivity contribution in [3.05, 3.63) is 33.0 Å². The summed E-state index contributed by atoms with van der Waals surface area (Å²) >= 11 is 2.31. The second kappa shape index (κ2) is 4.01. The lowest BCUT2D eigenvalue weighted by Crippen LogP contribution is -2.24. The van der Waals surface area contributed by atoms with Gasteiger partial charge >= 0.3 is 0 Å². The Balaban J connectivity index is 2.25.